The number of nitrogens with zero attached hydrogens (tertiary/aromatic N) is 1. The topological polar surface area (TPSA) is 37.4 Å². The van der Waals surface area contributed by atoms with Gasteiger partial charge in [0, 0.05) is 17.9 Å². The van der Waals surface area contributed by atoms with Crippen molar-refractivity contribution in [1.29, 1.82) is 0 Å². The highest BCUT2D eigenvalue weighted by atomic mass is 79.9. The third kappa shape index (κ3) is 2.87. The third-order valence-electron chi connectivity index (χ3n) is 2.74. The second-order valence-electron chi connectivity index (χ2n) is 4.11. The minimum absolute atomic E-state index is 0.0203. The molecule has 3 nitrogen and oxygen atoms in total. The van der Waals surface area contributed by atoms with Crippen LogP contribution in [0, 0.1) is 5.82 Å². The van der Waals surface area contributed by atoms with Crippen molar-refractivity contribution in [2.24, 2.45) is 0 Å². The maximum atomic E-state index is 13.2. The van der Waals surface area contributed by atoms with Gasteiger partial charge in [-0.1, -0.05) is 27.5 Å². The average molecular weight is 357 g/mol. The van der Waals surface area contributed by atoms with Gasteiger partial charge in [0.15, 0.2) is 0 Å². The zero-order valence-corrected chi connectivity index (χ0v) is 12.6. The van der Waals surface area contributed by atoms with Crippen molar-refractivity contribution >= 4 is 37.6 Å². The van der Waals surface area contributed by atoms with E-state index >= 15 is 0 Å². The lowest BCUT2D eigenvalue weighted by Gasteiger charge is -2.21. The molecule has 0 aliphatic heterocycles. The number of hydrogen-bond donors (Lipinski definition) is 0. The number of halogens is 3. The van der Waals surface area contributed by atoms with Gasteiger partial charge in [0.2, 0.25) is 10.0 Å². The Morgan fingerprint density at radius 3 is 2.67 bits per heavy atom. The molecule has 1 aliphatic carbocycles. The molecule has 2 rings (SSSR count). The summed E-state index contributed by atoms with van der Waals surface area (Å²) in [5, 5.41) is 0.590. The highest BCUT2D eigenvalue weighted by molar-refractivity contribution is 9.09. The van der Waals surface area contributed by atoms with Crippen molar-refractivity contribution < 1.29 is 12.8 Å². The molecular formula is C11H12BrClFNO2S. The molecule has 0 saturated heterocycles. The SMILES string of the molecule is O=S(=O)(c1cc(F)ccc1Cl)N(CCBr)C1CC1. The molecule has 1 aromatic rings. The van der Waals surface area contributed by atoms with Crippen molar-refractivity contribution in [1.82, 2.24) is 4.31 Å². The Labute approximate surface area is 119 Å². The summed E-state index contributed by atoms with van der Waals surface area (Å²) < 4.78 is 39.4. The molecular weight excluding hydrogens is 345 g/mol. The summed E-state index contributed by atoms with van der Waals surface area (Å²) in [7, 11) is -3.72. The van der Waals surface area contributed by atoms with E-state index in [1.165, 1.54) is 10.4 Å². The maximum Gasteiger partial charge on any atom is 0.244 e. The molecule has 0 radical (unpaired) electrons. The highest BCUT2D eigenvalue weighted by Gasteiger charge is 2.38. The minimum Gasteiger partial charge on any atom is -0.207 e. The molecule has 1 aromatic carbocycles. The van der Waals surface area contributed by atoms with Crippen LogP contribution in [0.15, 0.2) is 23.1 Å². The number of hydrogen-bond acceptors (Lipinski definition) is 2. The zero-order valence-electron chi connectivity index (χ0n) is 9.44. The molecule has 0 unspecified atom stereocenters. The second-order valence-corrected chi connectivity index (χ2v) is 7.17. The smallest absolute Gasteiger partial charge is 0.207 e. The van der Waals surface area contributed by atoms with Crippen LogP contribution in [-0.2, 0) is 10.0 Å². The van der Waals surface area contributed by atoms with Crippen molar-refractivity contribution in [3.63, 3.8) is 0 Å². The summed E-state index contributed by atoms with van der Waals surface area (Å²) in [4.78, 5) is -0.156. The van der Waals surface area contributed by atoms with Crippen molar-refractivity contribution in [2.75, 3.05) is 11.9 Å². The molecule has 7 heteroatoms. The lowest BCUT2D eigenvalue weighted by atomic mass is 10.3. The van der Waals surface area contributed by atoms with Gasteiger partial charge in [0.25, 0.3) is 0 Å². The Bertz CT molecular complexity index is 548. The van der Waals surface area contributed by atoms with Gasteiger partial charge in [0.1, 0.15) is 10.7 Å². The number of rotatable bonds is 5. The monoisotopic (exact) mass is 355 g/mol. The van der Waals surface area contributed by atoms with Crippen molar-refractivity contribution in [3.05, 3.63) is 29.0 Å². The number of alkyl halides is 1. The van der Waals surface area contributed by atoms with E-state index in [2.05, 4.69) is 15.9 Å². The van der Waals surface area contributed by atoms with Gasteiger partial charge in [-0.05, 0) is 31.0 Å². The van der Waals surface area contributed by atoms with Gasteiger partial charge in [0.05, 0.1) is 5.02 Å². The van der Waals surface area contributed by atoms with Gasteiger partial charge in [-0.3, -0.25) is 0 Å². The van der Waals surface area contributed by atoms with Gasteiger partial charge in [-0.25, -0.2) is 12.8 Å². The van der Waals surface area contributed by atoms with Crippen LogP contribution in [0.4, 0.5) is 4.39 Å². The van der Waals surface area contributed by atoms with Crippen LogP contribution < -0.4 is 0 Å². The van der Waals surface area contributed by atoms with Crippen LogP contribution in [0.25, 0.3) is 0 Å². The second kappa shape index (κ2) is 5.45. The molecule has 0 amide bonds. The highest BCUT2D eigenvalue weighted by Crippen LogP contribution is 2.34. The standard InChI is InChI=1S/C11H12BrClFNO2S/c12-5-6-15(9-2-3-9)18(16,17)11-7-8(14)1-4-10(11)13/h1,4,7,9H,2-3,5-6H2. The molecule has 0 aromatic heterocycles. The Morgan fingerprint density at radius 2 is 2.11 bits per heavy atom. The summed E-state index contributed by atoms with van der Waals surface area (Å²) in [5.41, 5.74) is 0. The lowest BCUT2D eigenvalue weighted by Crippen LogP contribution is -2.34. The molecule has 18 heavy (non-hydrogen) atoms. The number of sulfonamides is 1. The Hall–Kier alpha value is -0.170. The predicted octanol–water partition coefficient (Wildman–Crippen LogP) is 3.03. The van der Waals surface area contributed by atoms with Gasteiger partial charge < -0.3 is 0 Å². The first-order valence-corrected chi connectivity index (χ1v) is 8.43. The van der Waals surface area contributed by atoms with Crippen LogP contribution in [0.3, 0.4) is 0 Å². The minimum atomic E-state index is -3.72. The quantitative estimate of drug-likeness (QED) is 0.761. The summed E-state index contributed by atoms with van der Waals surface area (Å²) >= 11 is 9.10. The first-order valence-electron chi connectivity index (χ1n) is 5.49. The van der Waals surface area contributed by atoms with Crippen LogP contribution in [0.1, 0.15) is 12.8 Å². The summed E-state index contributed by atoms with van der Waals surface area (Å²) in [5.74, 6) is -0.604. The molecule has 100 valence electrons. The average Bonchev–Trinajstić information content (AvgIpc) is 3.13. The normalized spacial score (nSPS) is 16.2. The first kappa shape index (κ1) is 14.2. The third-order valence-corrected chi connectivity index (χ3v) is 5.53. The zero-order chi connectivity index (χ0) is 13.3. The number of benzene rings is 1. The van der Waals surface area contributed by atoms with E-state index in [-0.39, 0.29) is 16.0 Å². The van der Waals surface area contributed by atoms with E-state index < -0.39 is 15.8 Å². The van der Waals surface area contributed by atoms with E-state index in [9.17, 15) is 12.8 Å². The predicted molar refractivity (Wildman–Crippen MR) is 72.1 cm³/mol. The van der Waals surface area contributed by atoms with E-state index in [0.717, 1.165) is 25.0 Å². The summed E-state index contributed by atoms with van der Waals surface area (Å²) in [6.07, 6.45) is 1.69. The van der Waals surface area contributed by atoms with E-state index in [4.69, 9.17) is 11.6 Å². The molecule has 0 N–H and O–H groups in total. The van der Waals surface area contributed by atoms with E-state index in [1.807, 2.05) is 0 Å². The van der Waals surface area contributed by atoms with Crippen molar-refractivity contribution in [3.8, 4) is 0 Å². The molecule has 1 fully saturated rings. The van der Waals surface area contributed by atoms with Gasteiger partial charge in [-0.2, -0.15) is 4.31 Å². The van der Waals surface area contributed by atoms with Crippen LogP contribution >= 0.6 is 27.5 Å². The molecule has 0 spiro atoms. The largest absolute Gasteiger partial charge is 0.244 e. The van der Waals surface area contributed by atoms with Crippen LogP contribution in [0.5, 0.6) is 0 Å². The van der Waals surface area contributed by atoms with Crippen LogP contribution in [-0.4, -0.2) is 30.6 Å². The Morgan fingerprint density at radius 1 is 1.44 bits per heavy atom. The molecule has 0 heterocycles. The van der Waals surface area contributed by atoms with E-state index in [1.54, 1.807) is 0 Å². The van der Waals surface area contributed by atoms with Gasteiger partial charge in [-0.15, -0.1) is 0 Å². The van der Waals surface area contributed by atoms with Crippen molar-refractivity contribution in [2.45, 2.75) is 23.8 Å². The maximum absolute atomic E-state index is 13.2. The van der Waals surface area contributed by atoms with Gasteiger partial charge >= 0.3 is 0 Å². The van der Waals surface area contributed by atoms with E-state index in [0.29, 0.717) is 11.9 Å². The molecule has 0 bridgehead atoms. The molecule has 1 saturated carbocycles. The fourth-order valence-electron chi connectivity index (χ4n) is 1.75. The van der Waals surface area contributed by atoms with Crippen LogP contribution in [0.2, 0.25) is 5.02 Å². The fourth-order valence-corrected chi connectivity index (χ4v) is 4.54. The molecule has 1 aliphatic rings. The summed E-state index contributed by atoms with van der Waals surface area (Å²) in [6, 6.07) is 3.41. The fraction of sp³-hybridized carbons (Fsp3) is 0.455. The Kier molecular flexibility index (Phi) is 4.31. The molecule has 0 atom stereocenters. The Balaban J connectivity index is 2.42. The summed E-state index contributed by atoms with van der Waals surface area (Å²) in [6.45, 7) is 0.361. The first-order chi connectivity index (χ1) is 8.46. The lowest BCUT2D eigenvalue weighted by molar-refractivity contribution is 0.424.